The van der Waals surface area contributed by atoms with Crippen molar-refractivity contribution in [1.82, 2.24) is 0 Å². The van der Waals surface area contributed by atoms with E-state index in [4.69, 9.17) is 11.1 Å². The lowest BCUT2D eigenvalue weighted by Gasteiger charge is -2.11. The highest BCUT2D eigenvalue weighted by molar-refractivity contribution is 7.26. The summed E-state index contributed by atoms with van der Waals surface area (Å²) < 4.78 is 2.49. The summed E-state index contributed by atoms with van der Waals surface area (Å²) in [6.45, 7) is 8.80. The van der Waals surface area contributed by atoms with Gasteiger partial charge < -0.3 is 5.73 Å². The fourth-order valence-corrected chi connectivity index (χ4v) is 8.59. The fourth-order valence-electron chi connectivity index (χ4n) is 7.43. The van der Waals surface area contributed by atoms with Gasteiger partial charge in [-0.3, -0.25) is 5.41 Å². The standard InChI is InChI=1S/C45H33N3S.C7H8/c1-3-29(27-39-28(2)33-15-7-8-16-36(33)37-17-9-10-18-38(37)39)34-19-11-21-40-42(34)43-35(20-12-22-41(43)49-40)30-23-25-32(26-24-30)45(47)48-44(46)31-13-5-4-6-14-31;1-7-5-3-2-4-6-7/h3-27H,2H2,1H3,(H3,46,47,48);2-6H,1H3/b29-3+,39-27+;. The number of nitrogens with two attached hydrogens (primary N) is 1. The summed E-state index contributed by atoms with van der Waals surface area (Å²) in [6.07, 6.45) is 4.54. The summed E-state index contributed by atoms with van der Waals surface area (Å²) in [7, 11) is 0. The molecule has 0 unspecified atom stereocenters. The van der Waals surface area contributed by atoms with Gasteiger partial charge in [-0.1, -0.05) is 176 Å². The third-order valence-corrected chi connectivity index (χ3v) is 11.4. The van der Waals surface area contributed by atoms with Crippen LogP contribution in [0.25, 0.3) is 71.1 Å². The normalized spacial score (nSPS) is 12.3. The minimum Gasteiger partial charge on any atom is -0.383 e. The molecule has 0 saturated heterocycles. The second-order valence-corrected chi connectivity index (χ2v) is 14.9. The van der Waals surface area contributed by atoms with Crippen LogP contribution >= 0.6 is 11.3 Å². The Morgan fingerprint density at radius 2 is 1.18 bits per heavy atom. The first-order chi connectivity index (χ1) is 27.4. The molecule has 0 saturated carbocycles. The van der Waals surface area contributed by atoms with Crippen LogP contribution in [0.2, 0.25) is 0 Å². The third-order valence-electron chi connectivity index (χ3n) is 10.2. The van der Waals surface area contributed by atoms with Crippen molar-refractivity contribution in [1.29, 1.82) is 5.41 Å². The van der Waals surface area contributed by atoms with Gasteiger partial charge in [-0.15, -0.1) is 11.3 Å². The van der Waals surface area contributed by atoms with Gasteiger partial charge in [0.15, 0.2) is 5.84 Å². The molecule has 0 spiro atoms. The van der Waals surface area contributed by atoms with Crippen molar-refractivity contribution in [3.8, 4) is 11.1 Å². The topological polar surface area (TPSA) is 62.2 Å². The molecular formula is C52H41N3S. The van der Waals surface area contributed by atoms with E-state index in [1.54, 1.807) is 0 Å². The van der Waals surface area contributed by atoms with Gasteiger partial charge in [-0.05, 0) is 86.3 Å². The quantitative estimate of drug-likeness (QED) is 0.103. The lowest BCUT2D eigenvalue weighted by Crippen LogP contribution is -2.25. The fraction of sp³-hybridized carbons (Fsp3) is 0.0385. The number of nitrogens with one attached hydrogen (secondary N) is 1. The number of rotatable bonds is 5. The number of aliphatic imine (C=N–C) groups is 1. The Labute approximate surface area is 331 Å². The lowest BCUT2D eigenvalue weighted by molar-refractivity contribution is 1.40. The van der Waals surface area contributed by atoms with E-state index in [2.05, 4.69) is 147 Å². The maximum absolute atomic E-state index is 8.39. The minimum absolute atomic E-state index is 0.142. The lowest BCUT2D eigenvalue weighted by atomic mass is 9.92. The van der Waals surface area contributed by atoms with E-state index in [1.807, 2.05) is 72.0 Å². The van der Waals surface area contributed by atoms with Crippen LogP contribution in [0, 0.1) is 12.3 Å². The Bertz CT molecular complexity index is 3070. The molecule has 0 aliphatic carbocycles. The highest BCUT2D eigenvalue weighted by Crippen LogP contribution is 2.43. The number of nitrogens with zero attached hydrogens (tertiary/aromatic N) is 1. The molecule has 9 rings (SSSR count). The van der Waals surface area contributed by atoms with Crippen LogP contribution < -0.4 is 16.2 Å². The van der Waals surface area contributed by atoms with Crippen molar-refractivity contribution in [3.05, 3.63) is 209 Å². The Kier molecular flexibility index (Phi) is 10.2. The van der Waals surface area contributed by atoms with Crippen LogP contribution in [0.5, 0.6) is 0 Å². The molecule has 4 heteroatoms. The summed E-state index contributed by atoms with van der Waals surface area (Å²) in [5, 5.41) is 17.9. The largest absolute Gasteiger partial charge is 0.383 e. The van der Waals surface area contributed by atoms with Gasteiger partial charge in [0, 0.05) is 31.3 Å². The molecular weight excluding hydrogens is 699 g/mol. The van der Waals surface area contributed by atoms with Crippen LogP contribution in [0.15, 0.2) is 181 Å². The molecule has 56 heavy (non-hydrogen) atoms. The molecule has 0 atom stereocenters. The van der Waals surface area contributed by atoms with E-state index in [0.717, 1.165) is 32.7 Å². The van der Waals surface area contributed by atoms with E-state index in [1.165, 1.54) is 58.4 Å². The number of allylic oxidation sites excluding steroid dienone is 2. The second kappa shape index (κ2) is 15.8. The number of hydrogen-bond donors (Lipinski definition) is 2. The van der Waals surface area contributed by atoms with Crippen LogP contribution in [0.4, 0.5) is 0 Å². The van der Waals surface area contributed by atoms with Crippen LogP contribution in [0.1, 0.15) is 29.2 Å². The van der Waals surface area contributed by atoms with Crippen molar-refractivity contribution in [2.45, 2.75) is 13.8 Å². The van der Waals surface area contributed by atoms with Gasteiger partial charge in [0.1, 0.15) is 5.84 Å². The number of benzene rings is 8. The van der Waals surface area contributed by atoms with Gasteiger partial charge in [-0.25, -0.2) is 4.99 Å². The molecule has 3 N–H and O–H groups in total. The van der Waals surface area contributed by atoms with Crippen molar-refractivity contribution < 1.29 is 0 Å². The predicted molar refractivity (Wildman–Crippen MR) is 244 cm³/mol. The summed E-state index contributed by atoms with van der Waals surface area (Å²) in [4.78, 5) is 4.38. The van der Waals surface area contributed by atoms with E-state index in [-0.39, 0.29) is 5.84 Å². The highest BCUT2D eigenvalue weighted by atomic mass is 32.1. The molecule has 3 nitrogen and oxygen atoms in total. The first-order valence-corrected chi connectivity index (χ1v) is 19.5. The predicted octanol–water partition coefficient (Wildman–Crippen LogP) is 12.0. The molecule has 0 bridgehead atoms. The number of fused-ring (bicyclic) bond motifs is 6. The van der Waals surface area contributed by atoms with Gasteiger partial charge >= 0.3 is 0 Å². The Hall–Kier alpha value is -6.88. The average molecular weight is 740 g/mol. The van der Waals surface area contributed by atoms with Crippen molar-refractivity contribution in [2.75, 3.05) is 0 Å². The molecule has 1 heterocycles. The van der Waals surface area contributed by atoms with Crippen LogP contribution in [-0.2, 0) is 0 Å². The molecule has 9 aromatic rings. The molecule has 1 aromatic heterocycles. The monoisotopic (exact) mass is 739 g/mol. The Balaban J connectivity index is 0.000000570. The van der Waals surface area contributed by atoms with E-state index >= 15 is 0 Å². The first kappa shape index (κ1) is 36.1. The number of aryl methyl sites for hydroxylation is 1. The molecule has 0 aliphatic rings. The second-order valence-electron chi connectivity index (χ2n) is 13.8. The maximum atomic E-state index is 8.39. The average Bonchev–Trinajstić information content (AvgIpc) is 3.64. The Morgan fingerprint density at radius 3 is 1.82 bits per heavy atom. The zero-order valence-corrected chi connectivity index (χ0v) is 32.3. The molecule has 0 aliphatic heterocycles. The van der Waals surface area contributed by atoms with Gasteiger partial charge in [0.2, 0.25) is 0 Å². The van der Waals surface area contributed by atoms with Crippen molar-refractivity contribution in [3.63, 3.8) is 0 Å². The van der Waals surface area contributed by atoms with E-state index < -0.39 is 0 Å². The van der Waals surface area contributed by atoms with Crippen molar-refractivity contribution in [2.24, 2.45) is 10.7 Å². The molecule has 8 aromatic carbocycles. The summed E-state index contributed by atoms with van der Waals surface area (Å²) >= 11 is 1.82. The minimum atomic E-state index is 0.142. The number of thiophene rings is 1. The summed E-state index contributed by atoms with van der Waals surface area (Å²) in [5.41, 5.74) is 13.8. The van der Waals surface area contributed by atoms with Crippen LogP contribution in [-0.4, -0.2) is 11.7 Å². The zero-order valence-electron chi connectivity index (χ0n) is 31.5. The molecule has 270 valence electrons. The van der Waals surface area contributed by atoms with Crippen molar-refractivity contribution >= 4 is 83.0 Å². The van der Waals surface area contributed by atoms with Gasteiger partial charge in [-0.2, -0.15) is 0 Å². The number of hydrogen-bond acceptors (Lipinski definition) is 2. The first-order valence-electron chi connectivity index (χ1n) is 18.7. The SMILES string of the molecule is C=c1/c(=C\C(=C/C)c2cccc3sc4cccc(-c5ccc(C(N)=NC(=N)c6ccccc6)cc5)c4c23)c2ccccc2c2ccccc12.Cc1ccccc1. The summed E-state index contributed by atoms with van der Waals surface area (Å²) in [6, 6.07) is 58.3. The Morgan fingerprint density at radius 1 is 0.607 bits per heavy atom. The van der Waals surface area contributed by atoms with Gasteiger partial charge in [0.05, 0.1) is 0 Å². The zero-order chi connectivity index (χ0) is 38.6. The summed E-state index contributed by atoms with van der Waals surface area (Å²) in [5.74, 6) is 0.463. The van der Waals surface area contributed by atoms with Gasteiger partial charge in [0.25, 0.3) is 0 Å². The van der Waals surface area contributed by atoms with E-state index in [0.29, 0.717) is 5.84 Å². The third kappa shape index (κ3) is 7.06. The molecule has 0 radical (unpaired) electrons. The van der Waals surface area contributed by atoms with Crippen LogP contribution in [0.3, 0.4) is 0 Å². The highest BCUT2D eigenvalue weighted by Gasteiger charge is 2.16. The maximum Gasteiger partial charge on any atom is 0.154 e. The molecule has 0 amide bonds. The van der Waals surface area contributed by atoms with E-state index in [9.17, 15) is 0 Å². The molecule has 0 fully saturated rings. The number of amidine groups is 2. The smallest absolute Gasteiger partial charge is 0.154 e.